The highest BCUT2D eigenvalue weighted by atomic mass is 32.1. The molecule has 0 unspecified atom stereocenters. The molecular formula is C20H23N3O6S. The molecule has 2 aromatic rings. The number of azo groups is 1. The van der Waals surface area contributed by atoms with Gasteiger partial charge in [-0.05, 0) is 43.4 Å². The summed E-state index contributed by atoms with van der Waals surface area (Å²) in [6, 6.07) is 8.73. The van der Waals surface area contributed by atoms with Crippen molar-refractivity contribution in [2.45, 2.75) is 39.5 Å². The normalized spacial score (nSPS) is 11.1. The third-order valence-corrected chi connectivity index (χ3v) is 5.10. The van der Waals surface area contributed by atoms with Gasteiger partial charge in [0.05, 0.1) is 23.8 Å². The summed E-state index contributed by atoms with van der Waals surface area (Å²) in [5, 5.41) is 19.4. The van der Waals surface area contributed by atoms with Gasteiger partial charge in [-0.3, -0.25) is 19.7 Å². The lowest BCUT2D eigenvalue weighted by Crippen LogP contribution is -2.10. The van der Waals surface area contributed by atoms with Crippen molar-refractivity contribution in [3.05, 3.63) is 50.9 Å². The van der Waals surface area contributed by atoms with Crippen molar-refractivity contribution in [1.29, 1.82) is 0 Å². The number of nitro groups is 1. The van der Waals surface area contributed by atoms with Crippen LogP contribution in [0.4, 0.5) is 16.4 Å². The summed E-state index contributed by atoms with van der Waals surface area (Å²) in [7, 11) is 0. The molecule has 160 valence electrons. The van der Waals surface area contributed by atoms with Crippen molar-refractivity contribution in [2.75, 3.05) is 13.2 Å². The number of hydrogen-bond donors (Lipinski definition) is 0. The van der Waals surface area contributed by atoms with Crippen molar-refractivity contribution < 1.29 is 24.0 Å². The van der Waals surface area contributed by atoms with Crippen molar-refractivity contribution >= 4 is 39.7 Å². The standard InChI is InChI=1S/C20H23N3O6S/c1-13-12-19(23(26)27)20(30-13)22-21-18-6-4-16(5-7-18)17(8-10-28-14(2)24)9-11-29-15(3)25/h4-7,12,17H,8-11H2,1-3H3. The zero-order valence-corrected chi connectivity index (χ0v) is 17.8. The molecule has 1 aromatic carbocycles. The van der Waals surface area contributed by atoms with Gasteiger partial charge in [0.1, 0.15) is 0 Å². The molecule has 0 bridgehead atoms. The lowest BCUT2D eigenvalue weighted by molar-refractivity contribution is -0.383. The Morgan fingerprint density at radius 1 is 1.07 bits per heavy atom. The largest absolute Gasteiger partial charge is 0.466 e. The molecule has 30 heavy (non-hydrogen) atoms. The van der Waals surface area contributed by atoms with Crippen LogP contribution in [-0.2, 0) is 19.1 Å². The van der Waals surface area contributed by atoms with E-state index >= 15 is 0 Å². The third kappa shape index (κ3) is 7.36. The van der Waals surface area contributed by atoms with E-state index in [0.29, 0.717) is 18.5 Å². The van der Waals surface area contributed by atoms with E-state index < -0.39 is 4.92 Å². The molecule has 9 nitrogen and oxygen atoms in total. The summed E-state index contributed by atoms with van der Waals surface area (Å²) in [6.45, 7) is 5.02. The van der Waals surface area contributed by atoms with E-state index in [1.54, 1.807) is 19.1 Å². The van der Waals surface area contributed by atoms with Gasteiger partial charge in [-0.15, -0.1) is 21.6 Å². The monoisotopic (exact) mass is 433 g/mol. The van der Waals surface area contributed by atoms with E-state index in [2.05, 4.69) is 10.2 Å². The zero-order valence-electron chi connectivity index (χ0n) is 17.0. The average Bonchev–Trinajstić information content (AvgIpc) is 3.06. The second-order valence-electron chi connectivity index (χ2n) is 6.55. The Bertz CT molecular complexity index is 903. The molecule has 1 heterocycles. The number of aryl methyl sites for hydroxylation is 1. The summed E-state index contributed by atoms with van der Waals surface area (Å²) >= 11 is 1.21. The second kappa shape index (κ2) is 11.1. The molecule has 0 spiro atoms. The lowest BCUT2D eigenvalue weighted by Gasteiger charge is -2.17. The topological polar surface area (TPSA) is 120 Å². The fraction of sp³-hybridized carbons (Fsp3) is 0.400. The van der Waals surface area contributed by atoms with Crippen molar-refractivity contribution in [2.24, 2.45) is 10.2 Å². The van der Waals surface area contributed by atoms with Crippen molar-refractivity contribution in [3.63, 3.8) is 0 Å². The SMILES string of the molecule is CC(=O)OCCC(CCOC(C)=O)c1ccc(N=Nc2sc(C)cc2[N+](=O)[O-])cc1. The van der Waals surface area contributed by atoms with Crippen LogP contribution < -0.4 is 0 Å². The van der Waals surface area contributed by atoms with Crippen LogP contribution in [0.15, 0.2) is 40.6 Å². The van der Waals surface area contributed by atoms with Gasteiger partial charge >= 0.3 is 17.6 Å². The van der Waals surface area contributed by atoms with Crippen LogP contribution in [-0.4, -0.2) is 30.1 Å². The van der Waals surface area contributed by atoms with Gasteiger partial charge in [0, 0.05) is 24.8 Å². The number of esters is 2. The van der Waals surface area contributed by atoms with E-state index in [1.807, 2.05) is 12.1 Å². The first-order chi connectivity index (χ1) is 14.3. The van der Waals surface area contributed by atoms with Gasteiger partial charge in [-0.1, -0.05) is 12.1 Å². The zero-order chi connectivity index (χ0) is 22.1. The average molecular weight is 433 g/mol. The van der Waals surface area contributed by atoms with Crippen LogP contribution in [0.3, 0.4) is 0 Å². The summed E-state index contributed by atoms with van der Waals surface area (Å²) < 4.78 is 10.1. The Balaban J connectivity index is 2.09. The van der Waals surface area contributed by atoms with Crippen molar-refractivity contribution in [1.82, 2.24) is 0 Å². The molecule has 0 aliphatic carbocycles. The molecule has 0 saturated heterocycles. The first-order valence-electron chi connectivity index (χ1n) is 9.29. The molecule has 0 aliphatic rings. The molecule has 0 atom stereocenters. The quantitative estimate of drug-likeness (QED) is 0.215. The number of carbonyl (C=O) groups is 2. The second-order valence-corrected chi connectivity index (χ2v) is 7.79. The number of ether oxygens (including phenoxy) is 2. The molecule has 0 saturated carbocycles. The maximum atomic E-state index is 11.1. The summed E-state index contributed by atoms with van der Waals surface area (Å²) in [6.07, 6.45) is 1.17. The van der Waals surface area contributed by atoms with Gasteiger partial charge in [-0.2, -0.15) is 0 Å². The highest BCUT2D eigenvalue weighted by Gasteiger charge is 2.17. The Morgan fingerprint density at radius 3 is 2.13 bits per heavy atom. The number of benzene rings is 1. The Hall–Kier alpha value is -3.14. The fourth-order valence-electron chi connectivity index (χ4n) is 2.77. The molecule has 0 radical (unpaired) electrons. The highest BCUT2D eigenvalue weighted by Crippen LogP contribution is 2.37. The van der Waals surface area contributed by atoms with Gasteiger partial charge in [0.2, 0.25) is 5.00 Å². The number of hydrogen-bond acceptors (Lipinski definition) is 9. The molecule has 0 amide bonds. The number of rotatable bonds is 10. The molecule has 1 aromatic heterocycles. The van der Waals surface area contributed by atoms with Gasteiger partial charge in [0.25, 0.3) is 0 Å². The van der Waals surface area contributed by atoms with E-state index in [-0.39, 0.29) is 41.8 Å². The summed E-state index contributed by atoms with van der Waals surface area (Å²) in [5.74, 6) is -0.666. The predicted octanol–water partition coefficient (Wildman–Crippen LogP) is 5.37. The first-order valence-corrected chi connectivity index (χ1v) is 10.1. The van der Waals surface area contributed by atoms with E-state index in [4.69, 9.17) is 9.47 Å². The van der Waals surface area contributed by atoms with Crippen LogP contribution in [0.5, 0.6) is 0 Å². The van der Waals surface area contributed by atoms with E-state index in [9.17, 15) is 19.7 Å². The Kier molecular flexibility index (Phi) is 8.60. The van der Waals surface area contributed by atoms with Crippen LogP contribution in [0.2, 0.25) is 0 Å². The summed E-state index contributed by atoms with van der Waals surface area (Å²) in [4.78, 5) is 33.4. The molecule has 0 aliphatic heterocycles. The fourth-order valence-corrected chi connectivity index (χ4v) is 3.57. The lowest BCUT2D eigenvalue weighted by atomic mass is 9.93. The molecule has 0 fully saturated rings. The molecular weight excluding hydrogens is 410 g/mol. The van der Waals surface area contributed by atoms with Crippen molar-refractivity contribution in [3.8, 4) is 0 Å². The number of carbonyl (C=O) groups excluding carboxylic acids is 2. The van der Waals surface area contributed by atoms with Gasteiger partial charge < -0.3 is 9.47 Å². The maximum absolute atomic E-state index is 11.1. The van der Waals surface area contributed by atoms with Crippen LogP contribution in [0, 0.1) is 17.0 Å². The third-order valence-electron chi connectivity index (χ3n) is 4.18. The smallest absolute Gasteiger partial charge is 0.308 e. The van der Waals surface area contributed by atoms with Crippen LogP contribution >= 0.6 is 11.3 Å². The van der Waals surface area contributed by atoms with Gasteiger partial charge in [0.15, 0.2) is 0 Å². The van der Waals surface area contributed by atoms with E-state index in [1.165, 1.54) is 31.3 Å². The molecule has 0 N–H and O–H groups in total. The summed E-state index contributed by atoms with van der Waals surface area (Å²) in [5.41, 5.74) is 1.47. The highest BCUT2D eigenvalue weighted by molar-refractivity contribution is 7.16. The van der Waals surface area contributed by atoms with E-state index in [0.717, 1.165) is 10.4 Å². The van der Waals surface area contributed by atoms with Gasteiger partial charge in [-0.25, -0.2) is 0 Å². The first kappa shape index (κ1) is 23.1. The minimum Gasteiger partial charge on any atom is -0.466 e. The van der Waals surface area contributed by atoms with Crippen LogP contribution in [0.25, 0.3) is 0 Å². The Labute approximate surface area is 177 Å². The minimum absolute atomic E-state index is 0.0238. The number of nitrogens with zero attached hydrogens (tertiary/aromatic N) is 3. The molecule has 2 rings (SSSR count). The Morgan fingerprint density at radius 2 is 1.63 bits per heavy atom. The maximum Gasteiger partial charge on any atom is 0.308 e. The van der Waals surface area contributed by atoms with Crippen LogP contribution in [0.1, 0.15) is 43.0 Å². The predicted molar refractivity (Wildman–Crippen MR) is 112 cm³/mol. The number of thiophene rings is 1. The molecule has 10 heteroatoms. The minimum atomic E-state index is -0.474.